The molecule has 0 bridgehead atoms. The number of halogens is 1. The van der Waals surface area contributed by atoms with Crippen LogP contribution in [0.2, 0.25) is 5.02 Å². The van der Waals surface area contributed by atoms with E-state index in [2.05, 4.69) is 30.8 Å². The molecule has 0 saturated carbocycles. The maximum absolute atomic E-state index is 6.12. The van der Waals surface area contributed by atoms with Crippen LogP contribution in [0.15, 0.2) is 54.9 Å². The van der Waals surface area contributed by atoms with E-state index in [1.807, 2.05) is 42.5 Å². The van der Waals surface area contributed by atoms with Crippen molar-refractivity contribution < 1.29 is 0 Å². The van der Waals surface area contributed by atoms with Gasteiger partial charge in [0.15, 0.2) is 5.82 Å². The van der Waals surface area contributed by atoms with Gasteiger partial charge >= 0.3 is 0 Å². The van der Waals surface area contributed by atoms with E-state index in [1.165, 1.54) is 0 Å². The fourth-order valence-electron chi connectivity index (χ4n) is 1.96. The Kier molecular flexibility index (Phi) is 4.95. The molecule has 0 amide bonds. The van der Waals surface area contributed by atoms with Crippen LogP contribution < -0.4 is 10.6 Å². The first-order valence-electron chi connectivity index (χ1n) is 7.12. The number of hydrogen-bond donors (Lipinski definition) is 2. The molecule has 1 aromatic carbocycles. The largest absolute Gasteiger partial charge is 0.363 e. The molecule has 0 fully saturated rings. The fraction of sp³-hybridized carbons (Fsp3) is 0.125. The molecule has 0 aliphatic carbocycles. The summed E-state index contributed by atoms with van der Waals surface area (Å²) in [5.41, 5.74) is 1.90. The first-order chi connectivity index (χ1) is 11.3. The van der Waals surface area contributed by atoms with Gasteiger partial charge in [0.05, 0.1) is 18.4 Å². The van der Waals surface area contributed by atoms with E-state index >= 15 is 0 Å². The molecule has 0 saturated heterocycles. The van der Waals surface area contributed by atoms with E-state index in [9.17, 15) is 0 Å². The number of nitrogens with one attached hydrogen (secondary N) is 2. The van der Waals surface area contributed by atoms with Crippen molar-refractivity contribution in [3.63, 3.8) is 0 Å². The lowest BCUT2D eigenvalue weighted by Crippen LogP contribution is -2.08. The number of pyridine rings is 1. The molecule has 0 radical (unpaired) electrons. The zero-order valence-electron chi connectivity index (χ0n) is 12.3. The first kappa shape index (κ1) is 15.2. The van der Waals surface area contributed by atoms with Crippen molar-refractivity contribution in [2.24, 2.45) is 0 Å². The van der Waals surface area contributed by atoms with E-state index < -0.39 is 0 Å². The normalized spacial score (nSPS) is 10.3. The smallest absolute Gasteiger partial charge is 0.244 e. The van der Waals surface area contributed by atoms with Gasteiger partial charge in [0.1, 0.15) is 0 Å². The molecule has 23 heavy (non-hydrogen) atoms. The monoisotopic (exact) mass is 326 g/mol. The standard InChI is InChI=1S/C16H15ClN6/c17-14-7-2-1-5-12(14)9-20-16-22-15(11-21-23-16)19-10-13-6-3-4-8-18-13/h1-8,11H,9-10H2,(H2,19,20,22,23). The van der Waals surface area contributed by atoms with Crippen molar-refractivity contribution in [2.45, 2.75) is 13.1 Å². The molecular weight excluding hydrogens is 312 g/mol. The lowest BCUT2D eigenvalue weighted by molar-refractivity contribution is 0.931. The highest BCUT2D eigenvalue weighted by Crippen LogP contribution is 2.16. The summed E-state index contributed by atoms with van der Waals surface area (Å²) >= 11 is 6.12. The Balaban J connectivity index is 1.60. The van der Waals surface area contributed by atoms with Gasteiger partial charge in [-0.05, 0) is 23.8 Å². The maximum atomic E-state index is 6.12. The summed E-state index contributed by atoms with van der Waals surface area (Å²) in [6.45, 7) is 1.11. The van der Waals surface area contributed by atoms with Gasteiger partial charge in [0, 0.05) is 17.8 Å². The van der Waals surface area contributed by atoms with Crippen LogP contribution in [-0.2, 0) is 13.1 Å². The lowest BCUT2D eigenvalue weighted by Gasteiger charge is -2.08. The summed E-state index contributed by atoms with van der Waals surface area (Å²) in [7, 11) is 0. The van der Waals surface area contributed by atoms with E-state index in [0.717, 1.165) is 11.3 Å². The van der Waals surface area contributed by atoms with Gasteiger partial charge in [-0.2, -0.15) is 10.1 Å². The van der Waals surface area contributed by atoms with Gasteiger partial charge in [-0.3, -0.25) is 4.98 Å². The molecule has 0 atom stereocenters. The third-order valence-corrected chi connectivity index (χ3v) is 3.50. The predicted molar refractivity (Wildman–Crippen MR) is 90.2 cm³/mol. The van der Waals surface area contributed by atoms with Crippen molar-refractivity contribution >= 4 is 23.4 Å². The molecule has 3 rings (SSSR count). The van der Waals surface area contributed by atoms with Gasteiger partial charge < -0.3 is 10.6 Å². The van der Waals surface area contributed by atoms with Crippen LogP contribution in [0.1, 0.15) is 11.3 Å². The van der Waals surface area contributed by atoms with Crippen molar-refractivity contribution in [2.75, 3.05) is 10.6 Å². The molecule has 116 valence electrons. The Labute approximate surface area is 139 Å². The Morgan fingerprint density at radius 1 is 0.957 bits per heavy atom. The quantitative estimate of drug-likeness (QED) is 0.724. The molecule has 6 nitrogen and oxygen atoms in total. The molecule has 3 aromatic rings. The van der Waals surface area contributed by atoms with Gasteiger partial charge in [-0.1, -0.05) is 35.9 Å². The summed E-state index contributed by atoms with van der Waals surface area (Å²) in [5.74, 6) is 1.07. The summed E-state index contributed by atoms with van der Waals surface area (Å²) in [5, 5.41) is 14.9. The van der Waals surface area contributed by atoms with Crippen molar-refractivity contribution in [1.82, 2.24) is 20.2 Å². The number of benzene rings is 1. The zero-order chi connectivity index (χ0) is 15.9. The average molecular weight is 327 g/mol. The van der Waals surface area contributed by atoms with Crippen molar-refractivity contribution in [3.8, 4) is 0 Å². The number of hydrogen-bond acceptors (Lipinski definition) is 6. The van der Waals surface area contributed by atoms with E-state index in [0.29, 0.717) is 29.9 Å². The maximum Gasteiger partial charge on any atom is 0.244 e. The minimum Gasteiger partial charge on any atom is -0.363 e. The number of anilines is 2. The molecule has 0 aliphatic heterocycles. The highest BCUT2D eigenvalue weighted by atomic mass is 35.5. The second-order valence-corrected chi connectivity index (χ2v) is 5.19. The van der Waals surface area contributed by atoms with Crippen LogP contribution in [-0.4, -0.2) is 20.2 Å². The van der Waals surface area contributed by atoms with Crippen LogP contribution in [0.4, 0.5) is 11.8 Å². The van der Waals surface area contributed by atoms with Crippen LogP contribution in [0.25, 0.3) is 0 Å². The molecule has 2 aromatic heterocycles. The second kappa shape index (κ2) is 7.51. The van der Waals surface area contributed by atoms with E-state index in [1.54, 1.807) is 12.4 Å². The third-order valence-electron chi connectivity index (χ3n) is 3.13. The Hall–Kier alpha value is -2.73. The van der Waals surface area contributed by atoms with Gasteiger partial charge in [-0.15, -0.1) is 5.10 Å². The van der Waals surface area contributed by atoms with Crippen LogP contribution in [0.5, 0.6) is 0 Å². The number of aromatic nitrogens is 4. The number of nitrogens with zero attached hydrogens (tertiary/aromatic N) is 4. The van der Waals surface area contributed by atoms with Gasteiger partial charge in [0.2, 0.25) is 5.95 Å². The predicted octanol–water partition coefficient (Wildman–Crippen LogP) is 3.14. The minimum atomic E-state index is 0.441. The Bertz CT molecular complexity index is 765. The van der Waals surface area contributed by atoms with E-state index in [4.69, 9.17) is 11.6 Å². The minimum absolute atomic E-state index is 0.441. The SMILES string of the molecule is Clc1ccccc1CNc1nncc(NCc2ccccn2)n1. The zero-order valence-corrected chi connectivity index (χ0v) is 13.0. The molecule has 7 heteroatoms. The average Bonchev–Trinajstić information content (AvgIpc) is 2.61. The topological polar surface area (TPSA) is 75.6 Å². The summed E-state index contributed by atoms with van der Waals surface area (Å²) in [4.78, 5) is 8.61. The van der Waals surface area contributed by atoms with Crippen LogP contribution in [0, 0.1) is 0 Å². The summed E-state index contributed by atoms with van der Waals surface area (Å²) in [6, 6.07) is 13.4. The molecule has 0 unspecified atom stereocenters. The molecule has 0 spiro atoms. The third kappa shape index (κ3) is 4.37. The molecular formula is C16H15ClN6. The summed E-state index contributed by atoms with van der Waals surface area (Å²) < 4.78 is 0. The fourth-order valence-corrected chi connectivity index (χ4v) is 2.17. The van der Waals surface area contributed by atoms with Gasteiger partial charge in [-0.25, -0.2) is 0 Å². The Morgan fingerprint density at radius 3 is 2.65 bits per heavy atom. The second-order valence-electron chi connectivity index (χ2n) is 4.78. The van der Waals surface area contributed by atoms with Crippen LogP contribution >= 0.6 is 11.6 Å². The van der Waals surface area contributed by atoms with Crippen molar-refractivity contribution in [1.29, 1.82) is 0 Å². The van der Waals surface area contributed by atoms with Gasteiger partial charge in [0.25, 0.3) is 0 Å². The highest BCUT2D eigenvalue weighted by Gasteiger charge is 2.03. The summed E-state index contributed by atoms with van der Waals surface area (Å²) in [6.07, 6.45) is 3.33. The van der Waals surface area contributed by atoms with Crippen LogP contribution in [0.3, 0.4) is 0 Å². The molecule has 2 N–H and O–H groups in total. The Morgan fingerprint density at radius 2 is 1.83 bits per heavy atom. The molecule has 0 aliphatic rings. The first-order valence-corrected chi connectivity index (χ1v) is 7.50. The highest BCUT2D eigenvalue weighted by molar-refractivity contribution is 6.31. The molecule has 2 heterocycles. The van der Waals surface area contributed by atoms with Crippen molar-refractivity contribution in [3.05, 3.63) is 71.1 Å². The number of rotatable bonds is 6. The van der Waals surface area contributed by atoms with E-state index in [-0.39, 0.29) is 0 Å². The lowest BCUT2D eigenvalue weighted by atomic mass is 10.2.